The van der Waals surface area contributed by atoms with Crippen LogP contribution in [0, 0.1) is 0 Å². The van der Waals surface area contributed by atoms with Crippen LogP contribution in [-0.4, -0.2) is 44.3 Å². The van der Waals surface area contributed by atoms with Gasteiger partial charge in [0.25, 0.3) is 5.91 Å². The second-order valence-electron chi connectivity index (χ2n) is 8.66. The Balaban J connectivity index is 1.51. The van der Waals surface area contributed by atoms with E-state index in [2.05, 4.69) is 0 Å². The highest BCUT2D eigenvalue weighted by molar-refractivity contribution is 7.89. The van der Waals surface area contributed by atoms with Crippen LogP contribution in [0.2, 0.25) is 5.02 Å². The van der Waals surface area contributed by atoms with Crippen LogP contribution < -0.4 is 4.90 Å². The summed E-state index contributed by atoms with van der Waals surface area (Å²) >= 11 is 6.22. The Morgan fingerprint density at radius 3 is 2.50 bits per heavy atom. The fourth-order valence-electron chi connectivity index (χ4n) is 4.18. The van der Waals surface area contributed by atoms with Crippen molar-refractivity contribution < 1.29 is 22.7 Å². The number of hydrogen-bond acceptors (Lipinski definition) is 5. The van der Waals surface area contributed by atoms with E-state index in [4.69, 9.17) is 16.3 Å². The molecule has 0 aromatic heterocycles. The normalized spacial score (nSPS) is 14.3. The fraction of sp³-hybridized carbons (Fsp3) is 0.259. The molecule has 1 heterocycles. The topological polar surface area (TPSA) is 84.0 Å². The molecular weight excluding hydrogens is 500 g/mol. The van der Waals surface area contributed by atoms with Crippen LogP contribution in [0.5, 0.6) is 0 Å². The fourth-order valence-corrected chi connectivity index (χ4v) is 5.56. The Bertz CT molecular complexity index is 1380. The highest BCUT2D eigenvalue weighted by Crippen LogP contribution is 2.28. The average Bonchev–Trinajstić information content (AvgIpc) is 2.88. The lowest BCUT2D eigenvalue weighted by Gasteiger charge is -2.31. The number of rotatable bonds is 7. The maximum atomic E-state index is 13.1. The summed E-state index contributed by atoms with van der Waals surface area (Å²) in [5, 5.41) is 0.0348. The van der Waals surface area contributed by atoms with E-state index in [0.29, 0.717) is 6.54 Å². The first kappa shape index (κ1) is 25.9. The first-order valence-corrected chi connectivity index (χ1v) is 13.4. The number of sulfonamides is 1. The number of anilines is 1. The number of carbonyl (C=O) groups excluding carboxylic acids is 2. The molecule has 1 aliphatic heterocycles. The molecule has 0 unspecified atom stereocenters. The lowest BCUT2D eigenvalue weighted by atomic mass is 10.0. The second kappa shape index (κ2) is 10.8. The standard InChI is InChI=1S/C27H27ClN2O5S/c1-19(26(31)30-16-8-12-21-11-6-7-13-25(21)30)35-27(32)23-17-22(14-15-24(23)28)36(33,34)29(2)18-20-9-4-3-5-10-20/h3-7,9-11,13-15,17,19H,8,12,16,18H2,1-2H3/t19-/m0/s1. The minimum atomic E-state index is -3.91. The van der Waals surface area contributed by atoms with Crippen LogP contribution in [0.3, 0.4) is 0 Å². The Kier molecular flexibility index (Phi) is 7.78. The summed E-state index contributed by atoms with van der Waals surface area (Å²) in [5.41, 5.74) is 2.58. The van der Waals surface area contributed by atoms with Crippen molar-refractivity contribution in [3.63, 3.8) is 0 Å². The largest absolute Gasteiger partial charge is 0.449 e. The van der Waals surface area contributed by atoms with Crippen LogP contribution in [0.25, 0.3) is 0 Å². The summed E-state index contributed by atoms with van der Waals surface area (Å²) in [5.74, 6) is -1.22. The number of aryl methyl sites for hydroxylation is 1. The van der Waals surface area contributed by atoms with Gasteiger partial charge in [0, 0.05) is 25.8 Å². The summed E-state index contributed by atoms with van der Waals surface area (Å²) in [4.78, 5) is 27.6. The van der Waals surface area contributed by atoms with Gasteiger partial charge in [0.2, 0.25) is 10.0 Å². The molecule has 0 saturated carbocycles. The van der Waals surface area contributed by atoms with Gasteiger partial charge in [-0.15, -0.1) is 0 Å². The van der Waals surface area contributed by atoms with Gasteiger partial charge in [-0.25, -0.2) is 13.2 Å². The van der Waals surface area contributed by atoms with Crippen molar-refractivity contribution in [2.45, 2.75) is 37.3 Å². The zero-order valence-electron chi connectivity index (χ0n) is 20.1. The number of ether oxygens (including phenoxy) is 1. The zero-order chi connectivity index (χ0) is 25.9. The number of carbonyl (C=O) groups is 2. The zero-order valence-corrected chi connectivity index (χ0v) is 21.6. The van der Waals surface area contributed by atoms with Gasteiger partial charge >= 0.3 is 5.97 Å². The van der Waals surface area contributed by atoms with E-state index >= 15 is 0 Å². The van der Waals surface area contributed by atoms with Gasteiger partial charge in [-0.1, -0.05) is 60.1 Å². The highest BCUT2D eigenvalue weighted by Gasteiger charge is 2.30. The van der Waals surface area contributed by atoms with E-state index in [1.54, 1.807) is 4.90 Å². The molecule has 0 aliphatic carbocycles. The van der Waals surface area contributed by atoms with E-state index in [1.165, 1.54) is 36.5 Å². The van der Waals surface area contributed by atoms with Crippen LogP contribution >= 0.6 is 11.6 Å². The lowest BCUT2D eigenvalue weighted by molar-refractivity contribution is -0.126. The first-order valence-electron chi connectivity index (χ1n) is 11.6. The van der Waals surface area contributed by atoms with E-state index in [9.17, 15) is 18.0 Å². The predicted molar refractivity (Wildman–Crippen MR) is 139 cm³/mol. The van der Waals surface area contributed by atoms with Crippen LogP contribution in [0.4, 0.5) is 5.69 Å². The van der Waals surface area contributed by atoms with Gasteiger partial charge in [-0.2, -0.15) is 4.31 Å². The summed E-state index contributed by atoms with van der Waals surface area (Å²) < 4.78 is 32.9. The summed E-state index contributed by atoms with van der Waals surface area (Å²) in [7, 11) is -2.45. The van der Waals surface area contributed by atoms with Crippen molar-refractivity contribution in [1.82, 2.24) is 4.31 Å². The van der Waals surface area contributed by atoms with Crippen LogP contribution in [0.1, 0.15) is 34.8 Å². The number of nitrogens with zero attached hydrogens (tertiary/aromatic N) is 2. The molecular formula is C27H27ClN2O5S. The number of fused-ring (bicyclic) bond motifs is 1. The van der Waals surface area contributed by atoms with E-state index in [1.807, 2.05) is 54.6 Å². The van der Waals surface area contributed by atoms with Gasteiger partial charge < -0.3 is 9.64 Å². The van der Waals surface area contributed by atoms with Crippen LogP contribution in [-0.2, 0) is 32.5 Å². The van der Waals surface area contributed by atoms with Crippen molar-refractivity contribution in [1.29, 1.82) is 0 Å². The van der Waals surface area contributed by atoms with Gasteiger partial charge in [0.05, 0.1) is 15.5 Å². The van der Waals surface area contributed by atoms with Gasteiger partial charge in [-0.3, -0.25) is 4.79 Å². The number of hydrogen-bond donors (Lipinski definition) is 0. The minimum Gasteiger partial charge on any atom is -0.449 e. The molecule has 0 bridgehead atoms. The first-order chi connectivity index (χ1) is 17.2. The highest BCUT2D eigenvalue weighted by atomic mass is 35.5. The Hall–Kier alpha value is -3.20. The Labute approximate surface area is 216 Å². The molecule has 0 spiro atoms. The van der Waals surface area contributed by atoms with E-state index < -0.39 is 22.1 Å². The van der Waals surface area contributed by atoms with Crippen molar-refractivity contribution in [2.75, 3.05) is 18.5 Å². The minimum absolute atomic E-state index is 0.0348. The quantitative estimate of drug-likeness (QED) is 0.417. The number of benzene rings is 3. The molecule has 1 aliphatic rings. The molecule has 0 saturated heterocycles. The van der Waals surface area contributed by atoms with Crippen molar-refractivity contribution >= 4 is 39.2 Å². The SMILES string of the molecule is C[C@H](OC(=O)c1cc(S(=O)(=O)N(C)Cc2ccccc2)ccc1Cl)C(=O)N1CCCc2ccccc21. The van der Waals surface area contributed by atoms with E-state index in [-0.39, 0.29) is 27.9 Å². The summed E-state index contributed by atoms with van der Waals surface area (Å²) in [6, 6.07) is 20.7. The summed E-state index contributed by atoms with van der Waals surface area (Å²) in [6.07, 6.45) is 0.607. The molecule has 0 N–H and O–H groups in total. The number of para-hydroxylation sites is 1. The molecule has 9 heteroatoms. The molecule has 7 nitrogen and oxygen atoms in total. The van der Waals surface area contributed by atoms with Crippen molar-refractivity contribution in [2.24, 2.45) is 0 Å². The molecule has 0 fully saturated rings. The van der Waals surface area contributed by atoms with Crippen molar-refractivity contribution in [3.8, 4) is 0 Å². The van der Waals surface area contributed by atoms with Crippen LogP contribution in [0.15, 0.2) is 77.7 Å². The molecule has 36 heavy (non-hydrogen) atoms. The third-order valence-corrected chi connectivity index (χ3v) is 8.25. The van der Waals surface area contributed by atoms with E-state index in [0.717, 1.165) is 29.7 Å². The third-order valence-electron chi connectivity index (χ3n) is 6.12. The number of esters is 1. The number of halogens is 1. The Morgan fingerprint density at radius 2 is 1.75 bits per heavy atom. The van der Waals surface area contributed by atoms with Gasteiger partial charge in [0.1, 0.15) is 0 Å². The number of amides is 1. The maximum Gasteiger partial charge on any atom is 0.340 e. The molecule has 1 atom stereocenters. The average molecular weight is 527 g/mol. The van der Waals surface area contributed by atoms with Gasteiger partial charge in [-0.05, 0) is 55.2 Å². The summed E-state index contributed by atoms with van der Waals surface area (Å²) in [6.45, 7) is 2.19. The monoisotopic (exact) mass is 526 g/mol. The lowest BCUT2D eigenvalue weighted by Crippen LogP contribution is -2.42. The molecule has 3 aromatic rings. The molecule has 4 rings (SSSR count). The maximum absolute atomic E-state index is 13.1. The molecule has 1 amide bonds. The van der Waals surface area contributed by atoms with Gasteiger partial charge in [0.15, 0.2) is 6.10 Å². The Morgan fingerprint density at radius 1 is 1.06 bits per heavy atom. The second-order valence-corrected chi connectivity index (χ2v) is 11.1. The smallest absolute Gasteiger partial charge is 0.340 e. The third kappa shape index (κ3) is 5.46. The van der Waals surface area contributed by atoms with Crippen molar-refractivity contribution in [3.05, 3.63) is 94.5 Å². The molecule has 0 radical (unpaired) electrons. The predicted octanol–water partition coefficient (Wildman–Crippen LogP) is 4.69. The molecule has 3 aromatic carbocycles. The molecule has 188 valence electrons.